The van der Waals surface area contributed by atoms with Crippen molar-refractivity contribution in [2.24, 2.45) is 0 Å². The normalized spacial score (nSPS) is 13.1. The van der Waals surface area contributed by atoms with E-state index in [2.05, 4.69) is 130 Å². The van der Waals surface area contributed by atoms with Crippen LogP contribution in [0.25, 0.3) is 0 Å². The van der Waals surface area contributed by atoms with E-state index >= 15 is 0 Å². The molecule has 6 heteroatoms. The van der Waals surface area contributed by atoms with Gasteiger partial charge >= 0.3 is 17.9 Å². The van der Waals surface area contributed by atoms with Crippen molar-refractivity contribution >= 4 is 17.9 Å². The molecule has 0 rings (SSSR count). The highest BCUT2D eigenvalue weighted by atomic mass is 16.6. The molecule has 0 aromatic carbocycles. The van der Waals surface area contributed by atoms with Crippen molar-refractivity contribution in [2.75, 3.05) is 13.2 Å². The van der Waals surface area contributed by atoms with Crippen molar-refractivity contribution in [1.29, 1.82) is 0 Å². The van der Waals surface area contributed by atoms with Gasteiger partial charge in [0.1, 0.15) is 13.2 Å². The third-order valence-corrected chi connectivity index (χ3v) is 12.7. The first-order chi connectivity index (χ1) is 37.0. The van der Waals surface area contributed by atoms with Gasteiger partial charge in [-0.2, -0.15) is 0 Å². The molecule has 1 unspecified atom stereocenters. The summed E-state index contributed by atoms with van der Waals surface area (Å²) in [6.07, 6.45) is 87.9. The van der Waals surface area contributed by atoms with E-state index in [1.807, 2.05) is 18.2 Å². The Labute approximate surface area is 462 Å². The topological polar surface area (TPSA) is 78.9 Å². The third-order valence-electron chi connectivity index (χ3n) is 12.7. The number of allylic oxidation sites excluding steroid dienone is 21. The van der Waals surface area contributed by atoms with Crippen LogP contribution in [0.15, 0.2) is 134 Å². The van der Waals surface area contributed by atoms with Gasteiger partial charge in [0.2, 0.25) is 0 Å². The van der Waals surface area contributed by atoms with E-state index < -0.39 is 18.0 Å². The number of carbonyl (C=O) groups excluding carboxylic acids is 3. The lowest BCUT2D eigenvalue weighted by Gasteiger charge is -2.18. The fourth-order valence-corrected chi connectivity index (χ4v) is 8.19. The van der Waals surface area contributed by atoms with E-state index in [1.165, 1.54) is 128 Å². The minimum absolute atomic E-state index is 0.107. The summed E-state index contributed by atoms with van der Waals surface area (Å²) < 4.78 is 16.7. The summed E-state index contributed by atoms with van der Waals surface area (Å²) in [5.41, 5.74) is 0. The highest BCUT2D eigenvalue weighted by Gasteiger charge is 2.19. The summed E-state index contributed by atoms with van der Waals surface area (Å²) in [4.78, 5) is 38.1. The van der Waals surface area contributed by atoms with Gasteiger partial charge in [0.25, 0.3) is 0 Å². The van der Waals surface area contributed by atoms with Gasteiger partial charge in [0.05, 0.1) is 6.42 Å². The average Bonchev–Trinajstić information content (AvgIpc) is 3.41. The molecule has 1 atom stereocenters. The number of carbonyl (C=O) groups is 3. The van der Waals surface area contributed by atoms with Gasteiger partial charge in [-0.15, -0.1) is 0 Å². The molecule has 0 aliphatic carbocycles. The van der Waals surface area contributed by atoms with Crippen molar-refractivity contribution in [3.05, 3.63) is 134 Å². The van der Waals surface area contributed by atoms with Crippen molar-refractivity contribution in [3.8, 4) is 0 Å². The zero-order valence-electron chi connectivity index (χ0n) is 48.5. The Balaban J connectivity index is 4.51. The lowest BCUT2D eigenvalue weighted by molar-refractivity contribution is -0.166. The molecule has 0 N–H and O–H groups in total. The molecule has 0 radical (unpaired) electrons. The summed E-state index contributed by atoms with van der Waals surface area (Å²) in [5.74, 6) is -1.16. The maximum atomic E-state index is 12.8. The molecule has 0 saturated carbocycles. The Morgan fingerprint density at radius 2 is 0.573 bits per heavy atom. The molecule has 0 spiro atoms. The molecular weight excluding hydrogens is 925 g/mol. The second kappa shape index (κ2) is 62.1. The number of rotatable bonds is 54. The van der Waals surface area contributed by atoms with E-state index in [4.69, 9.17) is 14.2 Å². The van der Waals surface area contributed by atoms with Crippen molar-refractivity contribution in [3.63, 3.8) is 0 Å². The van der Waals surface area contributed by atoms with E-state index in [0.29, 0.717) is 12.8 Å². The second-order valence-electron chi connectivity index (χ2n) is 19.9. The summed E-state index contributed by atoms with van der Waals surface area (Å²) in [6, 6.07) is 0. The zero-order chi connectivity index (χ0) is 54.3. The Kier molecular flexibility index (Phi) is 58.4. The fraction of sp³-hybridized carbons (Fsp3) is 0.638. The van der Waals surface area contributed by atoms with Crippen LogP contribution in [0.1, 0.15) is 265 Å². The first kappa shape index (κ1) is 70.5. The number of hydrogen-bond acceptors (Lipinski definition) is 6. The Morgan fingerprint density at radius 1 is 0.293 bits per heavy atom. The van der Waals surface area contributed by atoms with E-state index in [9.17, 15) is 14.4 Å². The number of esters is 3. The van der Waals surface area contributed by atoms with Gasteiger partial charge in [-0.05, 0) is 83.5 Å². The first-order valence-electron chi connectivity index (χ1n) is 30.7. The molecule has 0 aliphatic rings. The quantitative estimate of drug-likeness (QED) is 0.0261. The SMILES string of the molecule is CC/C=C\C/C=C\C/C=C\C/C=C\C/C=C\C/C=C\CCC(=O)OC(COC(=O)C/C=C\C/C=C\C/C=C\C/C=C\C/C=C\CC)COC(=O)CCCCCCCCCCCCCCCCCCCCCCCCC. The molecule has 424 valence electrons. The van der Waals surface area contributed by atoms with Crippen molar-refractivity contribution in [2.45, 2.75) is 271 Å². The van der Waals surface area contributed by atoms with Crippen molar-refractivity contribution < 1.29 is 28.6 Å². The largest absolute Gasteiger partial charge is 0.462 e. The predicted molar refractivity (Wildman–Crippen MR) is 325 cm³/mol. The molecular formula is C69H112O6. The zero-order valence-corrected chi connectivity index (χ0v) is 48.5. The van der Waals surface area contributed by atoms with Crippen LogP contribution in [0.2, 0.25) is 0 Å². The third kappa shape index (κ3) is 60.3. The lowest BCUT2D eigenvalue weighted by Crippen LogP contribution is -2.30. The van der Waals surface area contributed by atoms with Gasteiger partial charge in [0, 0.05) is 12.8 Å². The van der Waals surface area contributed by atoms with Crippen LogP contribution in [0.5, 0.6) is 0 Å². The standard InChI is InChI=1S/C69H112O6/c1-4-7-10-13-16-19-22-25-28-30-32-33-34-35-37-38-41-44-47-50-53-56-59-62-68(71)74-65-66(64-73-67(70)61-58-55-52-49-46-43-40-27-24-21-18-15-12-9-6-3)75-69(72)63-60-57-54-51-48-45-42-39-36-31-29-26-23-20-17-14-11-8-5-2/h8-9,11-12,17-18,20-21,26-27,29,36,39-40,45-46,48-49,54-55,57-58,66H,4-7,10,13-16,19,22-25,28,30-35,37-38,41-44,47,50-53,56,59-65H2,1-3H3/b11-8-,12-9-,20-17-,21-18-,29-26-,39-36-,40-27-,48-45-,49-46-,57-54-,58-55-. The maximum absolute atomic E-state index is 12.8. The Hall–Kier alpha value is -4.45. The molecule has 0 aromatic heterocycles. The van der Waals surface area contributed by atoms with Gasteiger partial charge in [-0.1, -0.05) is 296 Å². The monoisotopic (exact) mass is 1040 g/mol. The Bertz CT molecular complexity index is 1620. The molecule has 0 heterocycles. The van der Waals surface area contributed by atoms with E-state index in [0.717, 1.165) is 89.9 Å². The predicted octanol–water partition coefficient (Wildman–Crippen LogP) is 21.0. The molecule has 6 nitrogen and oxygen atoms in total. The smallest absolute Gasteiger partial charge is 0.309 e. The van der Waals surface area contributed by atoms with Gasteiger partial charge in [-0.25, -0.2) is 0 Å². The van der Waals surface area contributed by atoms with Gasteiger partial charge in [-0.3, -0.25) is 14.4 Å². The first-order valence-corrected chi connectivity index (χ1v) is 30.7. The van der Waals surface area contributed by atoms with Crippen LogP contribution in [0.4, 0.5) is 0 Å². The molecule has 0 saturated heterocycles. The lowest BCUT2D eigenvalue weighted by atomic mass is 10.0. The van der Waals surface area contributed by atoms with E-state index in [1.54, 1.807) is 6.08 Å². The second-order valence-corrected chi connectivity index (χ2v) is 19.9. The summed E-state index contributed by atoms with van der Waals surface area (Å²) in [7, 11) is 0. The highest BCUT2D eigenvalue weighted by Crippen LogP contribution is 2.16. The average molecular weight is 1040 g/mol. The summed E-state index contributed by atoms with van der Waals surface area (Å²) >= 11 is 0. The maximum Gasteiger partial charge on any atom is 0.309 e. The number of unbranched alkanes of at least 4 members (excludes halogenated alkanes) is 22. The molecule has 75 heavy (non-hydrogen) atoms. The van der Waals surface area contributed by atoms with Crippen LogP contribution < -0.4 is 0 Å². The van der Waals surface area contributed by atoms with Crippen molar-refractivity contribution in [1.82, 2.24) is 0 Å². The highest BCUT2D eigenvalue weighted by molar-refractivity contribution is 5.72. The van der Waals surface area contributed by atoms with Crippen LogP contribution in [0, 0.1) is 0 Å². The minimum Gasteiger partial charge on any atom is -0.462 e. The molecule has 0 aromatic rings. The molecule has 0 bridgehead atoms. The van der Waals surface area contributed by atoms with Gasteiger partial charge in [0.15, 0.2) is 6.10 Å². The summed E-state index contributed by atoms with van der Waals surface area (Å²) in [6.45, 7) is 6.27. The molecule has 0 aliphatic heterocycles. The summed E-state index contributed by atoms with van der Waals surface area (Å²) in [5, 5.41) is 0. The van der Waals surface area contributed by atoms with Gasteiger partial charge < -0.3 is 14.2 Å². The molecule has 0 fully saturated rings. The Morgan fingerprint density at radius 3 is 0.907 bits per heavy atom. The molecule has 0 amide bonds. The van der Waals surface area contributed by atoms with Crippen LogP contribution in [-0.4, -0.2) is 37.2 Å². The minimum atomic E-state index is -0.863. The fourth-order valence-electron chi connectivity index (χ4n) is 8.19. The van der Waals surface area contributed by atoms with Crippen LogP contribution in [-0.2, 0) is 28.6 Å². The van der Waals surface area contributed by atoms with Crippen LogP contribution >= 0.6 is 0 Å². The number of hydrogen-bond donors (Lipinski definition) is 0. The van der Waals surface area contributed by atoms with E-state index in [-0.39, 0.29) is 32.0 Å². The van der Waals surface area contributed by atoms with Crippen LogP contribution in [0.3, 0.4) is 0 Å². The number of ether oxygens (including phenoxy) is 3.